The SMILES string of the molecule is O=C1S/C(=C\c2cccc(OCCOc3ccccc3)c2)C(=O)N1Cc1c(F)cccc1Cl. The van der Waals surface area contributed by atoms with Crippen LogP contribution >= 0.6 is 23.4 Å². The summed E-state index contributed by atoms with van der Waals surface area (Å²) in [4.78, 5) is 26.4. The molecule has 2 amide bonds. The third kappa shape index (κ3) is 5.74. The molecule has 33 heavy (non-hydrogen) atoms. The van der Waals surface area contributed by atoms with Crippen molar-refractivity contribution in [1.29, 1.82) is 0 Å². The summed E-state index contributed by atoms with van der Waals surface area (Å²) in [6.07, 6.45) is 1.61. The van der Waals surface area contributed by atoms with Crippen molar-refractivity contribution < 1.29 is 23.5 Å². The van der Waals surface area contributed by atoms with Crippen LogP contribution in [0.15, 0.2) is 77.7 Å². The van der Waals surface area contributed by atoms with Crippen LogP contribution in [0.3, 0.4) is 0 Å². The van der Waals surface area contributed by atoms with Crippen molar-refractivity contribution in [3.05, 3.63) is 99.7 Å². The maximum atomic E-state index is 14.1. The molecule has 3 aromatic rings. The number of amides is 2. The first-order chi connectivity index (χ1) is 16.0. The highest BCUT2D eigenvalue weighted by Gasteiger charge is 2.35. The Morgan fingerprint density at radius 2 is 1.61 bits per heavy atom. The van der Waals surface area contributed by atoms with Crippen molar-refractivity contribution in [3.8, 4) is 11.5 Å². The van der Waals surface area contributed by atoms with Crippen molar-refractivity contribution in [2.45, 2.75) is 6.54 Å². The molecule has 3 aromatic carbocycles. The van der Waals surface area contributed by atoms with Gasteiger partial charge in [0.25, 0.3) is 11.1 Å². The summed E-state index contributed by atoms with van der Waals surface area (Å²) in [5.74, 6) is 0.318. The topological polar surface area (TPSA) is 55.8 Å². The molecule has 1 saturated heterocycles. The second-order valence-electron chi connectivity index (χ2n) is 7.05. The molecule has 0 aliphatic carbocycles. The lowest BCUT2D eigenvalue weighted by Gasteiger charge is -2.14. The van der Waals surface area contributed by atoms with Gasteiger partial charge in [-0.25, -0.2) is 4.39 Å². The van der Waals surface area contributed by atoms with Crippen molar-refractivity contribution in [2.75, 3.05) is 13.2 Å². The highest BCUT2D eigenvalue weighted by Crippen LogP contribution is 2.35. The Morgan fingerprint density at radius 3 is 2.36 bits per heavy atom. The van der Waals surface area contributed by atoms with Crippen molar-refractivity contribution in [1.82, 2.24) is 4.90 Å². The molecule has 1 heterocycles. The Bertz CT molecular complexity index is 1180. The van der Waals surface area contributed by atoms with Gasteiger partial charge in [0, 0.05) is 10.6 Å². The second-order valence-corrected chi connectivity index (χ2v) is 8.45. The predicted molar refractivity (Wildman–Crippen MR) is 127 cm³/mol. The third-order valence-electron chi connectivity index (χ3n) is 4.77. The monoisotopic (exact) mass is 483 g/mol. The number of thioether (sulfide) groups is 1. The van der Waals surface area contributed by atoms with E-state index in [2.05, 4.69) is 0 Å². The molecule has 0 unspecified atom stereocenters. The molecule has 168 valence electrons. The Balaban J connectivity index is 1.39. The van der Waals surface area contributed by atoms with E-state index < -0.39 is 17.0 Å². The van der Waals surface area contributed by atoms with E-state index in [0.29, 0.717) is 24.5 Å². The van der Waals surface area contributed by atoms with Gasteiger partial charge in [0.05, 0.1) is 11.4 Å². The van der Waals surface area contributed by atoms with Crippen LogP contribution in [-0.4, -0.2) is 29.3 Å². The van der Waals surface area contributed by atoms with E-state index in [1.807, 2.05) is 30.3 Å². The lowest BCUT2D eigenvalue weighted by atomic mass is 10.2. The van der Waals surface area contributed by atoms with Gasteiger partial charge in [-0.05, 0) is 59.8 Å². The van der Waals surface area contributed by atoms with Crippen LogP contribution in [0.25, 0.3) is 6.08 Å². The molecule has 1 aliphatic heterocycles. The Kier molecular flexibility index (Phi) is 7.32. The molecule has 5 nitrogen and oxygen atoms in total. The fourth-order valence-electron chi connectivity index (χ4n) is 3.16. The summed E-state index contributed by atoms with van der Waals surface area (Å²) in [5.41, 5.74) is 0.807. The van der Waals surface area contributed by atoms with Gasteiger partial charge in [-0.3, -0.25) is 14.5 Å². The molecule has 1 fully saturated rings. The Labute approximate surface area is 199 Å². The van der Waals surface area contributed by atoms with E-state index in [0.717, 1.165) is 22.4 Å². The smallest absolute Gasteiger partial charge is 0.293 e. The van der Waals surface area contributed by atoms with Gasteiger partial charge in [-0.15, -0.1) is 0 Å². The fraction of sp³-hybridized carbons (Fsp3) is 0.120. The van der Waals surface area contributed by atoms with Gasteiger partial charge >= 0.3 is 0 Å². The molecule has 4 rings (SSSR count). The molecule has 0 spiro atoms. The summed E-state index contributed by atoms with van der Waals surface area (Å²) in [6.45, 7) is 0.502. The standard InChI is InChI=1S/C25H19ClFNO4S/c26-21-10-5-11-22(27)20(21)16-28-24(29)23(33-25(28)30)15-17-6-4-9-19(14-17)32-13-12-31-18-7-2-1-3-8-18/h1-11,14-15H,12-13,16H2/b23-15-. The molecule has 0 aromatic heterocycles. The average Bonchev–Trinajstić information content (AvgIpc) is 3.07. The second kappa shape index (κ2) is 10.6. The van der Waals surface area contributed by atoms with Crippen molar-refractivity contribution >= 4 is 40.6 Å². The van der Waals surface area contributed by atoms with Gasteiger partial charge in [0.2, 0.25) is 0 Å². The van der Waals surface area contributed by atoms with Crippen LogP contribution in [0.2, 0.25) is 5.02 Å². The minimum atomic E-state index is -0.563. The van der Waals surface area contributed by atoms with E-state index in [1.165, 1.54) is 18.2 Å². The van der Waals surface area contributed by atoms with Gasteiger partial charge < -0.3 is 9.47 Å². The van der Waals surface area contributed by atoms with E-state index in [9.17, 15) is 14.0 Å². The lowest BCUT2D eigenvalue weighted by molar-refractivity contribution is -0.123. The minimum Gasteiger partial charge on any atom is -0.490 e. The zero-order valence-electron chi connectivity index (χ0n) is 17.4. The molecule has 0 N–H and O–H groups in total. The number of hydrogen-bond donors (Lipinski definition) is 0. The lowest BCUT2D eigenvalue weighted by Crippen LogP contribution is -2.28. The van der Waals surface area contributed by atoms with Crippen LogP contribution in [0.5, 0.6) is 11.5 Å². The van der Waals surface area contributed by atoms with Crippen molar-refractivity contribution in [2.24, 2.45) is 0 Å². The molecule has 0 radical (unpaired) electrons. The normalized spacial score (nSPS) is 14.7. The van der Waals surface area contributed by atoms with Gasteiger partial charge in [-0.1, -0.05) is 48.0 Å². The van der Waals surface area contributed by atoms with E-state index >= 15 is 0 Å². The first-order valence-electron chi connectivity index (χ1n) is 10.1. The summed E-state index contributed by atoms with van der Waals surface area (Å²) >= 11 is 6.85. The molecule has 0 bridgehead atoms. The Morgan fingerprint density at radius 1 is 0.909 bits per heavy atom. The minimum absolute atomic E-state index is 0.107. The van der Waals surface area contributed by atoms with E-state index in [4.69, 9.17) is 21.1 Å². The largest absolute Gasteiger partial charge is 0.490 e. The first-order valence-corrected chi connectivity index (χ1v) is 11.3. The summed E-state index contributed by atoms with van der Waals surface area (Å²) < 4.78 is 25.4. The maximum Gasteiger partial charge on any atom is 0.293 e. The number of benzene rings is 3. The molecule has 8 heteroatoms. The number of ether oxygens (including phenoxy) is 2. The zero-order valence-corrected chi connectivity index (χ0v) is 18.9. The maximum absolute atomic E-state index is 14.1. The highest BCUT2D eigenvalue weighted by molar-refractivity contribution is 8.18. The number of carbonyl (C=O) groups is 2. The predicted octanol–water partition coefficient (Wildman–Crippen LogP) is 6.17. The summed E-state index contributed by atoms with van der Waals surface area (Å²) in [6, 6.07) is 20.8. The van der Waals surface area contributed by atoms with Crippen molar-refractivity contribution in [3.63, 3.8) is 0 Å². The molecular formula is C25H19ClFNO4S. The molecule has 0 atom stereocenters. The van der Waals surface area contributed by atoms with E-state index in [1.54, 1.807) is 30.3 Å². The van der Waals surface area contributed by atoms with Crippen LogP contribution in [-0.2, 0) is 11.3 Å². The molecule has 0 saturated carbocycles. The van der Waals surface area contributed by atoms with Gasteiger partial charge in [0.1, 0.15) is 30.5 Å². The number of rotatable bonds is 8. The van der Waals surface area contributed by atoms with Crippen LogP contribution in [0, 0.1) is 5.82 Å². The summed E-state index contributed by atoms with van der Waals surface area (Å²) in [7, 11) is 0. The molecular weight excluding hydrogens is 465 g/mol. The fourth-order valence-corrected chi connectivity index (χ4v) is 4.22. The Hall–Kier alpha value is -3.29. The number of carbonyl (C=O) groups excluding carboxylic acids is 2. The average molecular weight is 484 g/mol. The van der Waals surface area contributed by atoms with Crippen LogP contribution < -0.4 is 9.47 Å². The van der Waals surface area contributed by atoms with Gasteiger partial charge in [0.15, 0.2) is 0 Å². The van der Waals surface area contributed by atoms with E-state index in [-0.39, 0.29) is 22.0 Å². The first kappa shape index (κ1) is 22.9. The number of nitrogens with zero attached hydrogens (tertiary/aromatic N) is 1. The highest BCUT2D eigenvalue weighted by atomic mass is 35.5. The number of imide groups is 1. The number of halogens is 2. The van der Waals surface area contributed by atoms with Gasteiger partial charge in [-0.2, -0.15) is 0 Å². The zero-order chi connectivity index (χ0) is 23.2. The number of para-hydroxylation sites is 1. The molecule has 1 aliphatic rings. The summed E-state index contributed by atoms with van der Waals surface area (Å²) in [5, 5.41) is -0.310. The number of hydrogen-bond acceptors (Lipinski definition) is 5. The quantitative estimate of drug-likeness (QED) is 0.283. The van der Waals surface area contributed by atoms with Crippen LogP contribution in [0.4, 0.5) is 9.18 Å². The third-order valence-corrected chi connectivity index (χ3v) is 6.03. The van der Waals surface area contributed by atoms with Crippen LogP contribution in [0.1, 0.15) is 11.1 Å².